The molecule has 2 aromatic carbocycles. The lowest BCUT2D eigenvalue weighted by molar-refractivity contribution is -0.383. The molecule has 5 atom stereocenters. The normalized spacial score (nSPS) is 27.0. The van der Waals surface area contributed by atoms with Crippen LogP contribution in [0.5, 0.6) is 0 Å². The van der Waals surface area contributed by atoms with Gasteiger partial charge in [0.2, 0.25) is 0 Å². The summed E-state index contributed by atoms with van der Waals surface area (Å²) in [6.07, 6.45) is -0.147. The average molecular weight is 555 g/mol. The minimum absolute atomic E-state index is 0.0494. The van der Waals surface area contributed by atoms with Crippen molar-refractivity contribution in [1.29, 1.82) is 0 Å². The van der Waals surface area contributed by atoms with Crippen molar-refractivity contribution in [2.45, 2.75) is 82.9 Å². The molecule has 9 heteroatoms. The molecule has 3 aliphatic rings. The largest absolute Gasteiger partial charge is 0.448 e. The number of carbonyl (C=O) groups excluding carboxylic acids is 1. The lowest BCUT2D eigenvalue weighted by Crippen LogP contribution is -2.69. The van der Waals surface area contributed by atoms with Crippen LogP contribution in [0.4, 0.5) is 4.79 Å². The van der Waals surface area contributed by atoms with Gasteiger partial charge in [0.25, 0.3) is 0 Å². The number of hydrogen-bond donors (Lipinski definition) is 1. The molecule has 0 aromatic heterocycles. The van der Waals surface area contributed by atoms with Gasteiger partial charge in [0.15, 0.2) is 12.1 Å². The van der Waals surface area contributed by atoms with Crippen molar-refractivity contribution in [3.63, 3.8) is 0 Å². The maximum atomic E-state index is 13.0. The van der Waals surface area contributed by atoms with Crippen LogP contribution in [0.2, 0.25) is 0 Å². The van der Waals surface area contributed by atoms with Crippen molar-refractivity contribution in [1.82, 2.24) is 10.4 Å². The molecule has 5 rings (SSSR count). The Hall–Kier alpha value is -2.53. The van der Waals surface area contributed by atoms with Crippen molar-refractivity contribution in [3.8, 4) is 11.1 Å². The smallest absolute Gasteiger partial charge is 0.409 e. The molecule has 0 saturated carbocycles. The first kappa shape index (κ1) is 29.0. The highest BCUT2D eigenvalue weighted by Gasteiger charge is 2.51. The molecule has 2 saturated heterocycles. The molecular weight excluding hydrogens is 512 g/mol. The zero-order valence-electron chi connectivity index (χ0n) is 24.1. The number of methoxy groups -OCH3 is 1. The first-order chi connectivity index (χ1) is 19.3. The van der Waals surface area contributed by atoms with Gasteiger partial charge in [0.1, 0.15) is 18.8 Å². The molecule has 40 heavy (non-hydrogen) atoms. The van der Waals surface area contributed by atoms with Crippen LogP contribution in [0.1, 0.15) is 57.6 Å². The predicted molar refractivity (Wildman–Crippen MR) is 150 cm³/mol. The SMILES string of the molecule is CCN(CCCCO[C@H]1[C@@H](OC)O[C@H](C)[C@H]2NOC(C)(C)O[C@@H]21)C(=O)OCC1c2ccccc2-c2ccccc21. The van der Waals surface area contributed by atoms with Gasteiger partial charge in [-0.2, -0.15) is 5.48 Å². The van der Waals surface area contributed by atoms with Crippen LogP contribution in [0.15, 0.2) is 48.5 Å². The highest BCUT2D eigenvalue weighted by molar-refractivity contribution is 5.79. The number of rotatable bonds is 10. The van der Waals surface area contributed by atoms with Gasteiger partial charge in [-0.05, 0) is 62.8 Å². The molecule has 0 spiro atoms. The molecule has 2 fully saturated rings. The van der Waals surface area contributed by atoms with Crippen LogP contribution in [0, 0.1) is 0 Å². The number of fused-ring (bicyclic) bond motifs is 4. The number of hydrogen-bond acceptors (Lipinski definition) is 8. The third kappa shape index (κ3) is 6.05. The number of ether oxygens (including phenoxy) is 5. The minimum Gasteiger partial charge on any atom is -0.448 e. The highest BCUT2D eigenvalue weighted by Crippen LogP contribution is 2.44. The van der Waals surface area contributed by atoms with Gasteiger partial charge < -0.3 is 28.6 Å². The maximum absolute atomic E-state index is 13.0. The monoisotopic (exact) mass is 554 g/mol. The van der Waals surface area contributed by atoms with Crippen LogP contribution in [0.25, 0.3) is 11.1 Å². The molecule has 2 heterocycles. The van der Waals surface area contributed by atoms with Crippen LogP contribution < -0.4 is 5.48 Å². The van der Waals surface area contributed by atoms with E-state index in [-0.39, 0.29) is 30.3 Å². The van der Waals surface area contributed by atoms with E-state index in [4.69, 9.17) is 28.5 Å². The number of nitrogens with zero attached hydrogens (tertiary/aromatic N) is 1. The van der Waals surface area contributed by atoms with Gasteiger partial charge >= 0.3 is 6.09 Å². The van der Waals surface area contributed by atoms with Crippen molar-refractivity contribution in [3.05, 3.63) is 59.7 Å². The van der Waals surface area contributed by atoms with Gasteiger partial charge in [0, 0.05) is 32.7 Å². The summed E-state index contributed by atoms with van der Waals surface area (Å²) in [6.45, 7) is 9.62. The second-order valence-electron chi connectivity index (χ2n) is 11.1. The Morgan fingerprint density at radius 1 is 1.05 bits per heavy atom. The van der Waals surface area contributed by atoms with E-state index in [0.29, 0.717) is 26.3 Å². The van der Waals surface area contributed by atoms with Crippen molar-refractivity contribution in [2.24, 2.45) is 0 Å². The molecule has 2 aliphatic heterocycles. The van der Waals surface area contributed by atoms with Crippen LogP contribution in [-0.4, -0.2) is 80.8 Å². The predicted octanol–water partition coefficient (Wildman–Crippen LogP) is 4.84. The Morgan fingerprint density at radius 2 is 1.73 bits per heavy atom. The van der Waals surface area contributed by atoms with E-state index in [1.54, 1.807) is 12.0 Å². The van der Waals surface area contributed by atoms with Gasteiger partial charge in [-0.15, -0.1) is 0 Å². The summed E-state index contributed by atoms with van der Waals surface area (Å²) >= 11 is 0. The van der Waals surface area contributed by atoms with E-state index in [9.17, 15) is 4.79 Å². The molecule has 9 nitrogen and oxygen atoms in total. The lowest BCUT2D eigenvalue weighted by atomic mass is 9.96. The van der Waals surface area contributed by atoms with E-state index >= 15 is 0 Å². The van der Waals surface area contributed by atoms with Gasteiger partial charge in [-0.1, -0.05) is 48.5 Å². The number of unbranched alkanes of at least 4 members (excludes halogenated alkanes) is 1. The van der Waals surface area contributed by atoms with E-state index in [2.05, 4.69) is 41.9 Å². The summed E-state index contributed by atoms with van der Waals surface area (Å²) in [5, 5.41) is 0. The van der Waals surface area contributed by atoms with Crippen molar-refractivity contribution < 1.29 is 33.3 Å². The molecule has 0 radical (unpaired) electrons. The number of benzene rings is 2. The number of nitrogens with one attached hydrogen (secondary N) is 1. The molecule has 2 aromatic rings. The van der Waals surface area contributed by atoms with E-state index in [1.165, 1.54) is 22.3 Å². The number of hydroxylamine groups is 1. The molecule has 0 bridgehead atoms. The molecule has 1 aliphatic carbocycles. The quantitative estimate of drug-likeness (QED) is 0.418. The van der Waals surface area contributed by atoms with Crippen LogP contribution >= 0.6 is 0 Å². The Bertz CT molecular complexity index is 1110. The van der Waals surface area contributed by atoms with Gasteiger partial charge in [-0.25, -0.2) is 4.79 Å². The summed E-state index contributed by atoms with van der Waals surface area (Å²) < 4.78 is 29.9. The third-order valence-corrected chi connectivity index (χ3v) is 8.00. The topological polar surface area (TPSA) is 87.7 Å². The van der Waals surface area contributed by atoms with Crippen LogP contribution in [-0.2, 0) is 28.5 Å². The summed E-state index contributed by atoms with van der Waals surface area (Å²) in [5.41, 5.74) is 7.93. The minimum atomic E-state index is -0.789. The van der Waals surface area contributed by atoms with E-state index in [0.717, 1.165) is 12.8 Å². The number of amides is 1. The molecular formula is C31H42N2O7. The standard InChI is InChI=1S/C31H42N2O7/c1-6-33(30(34)37-19-25-23-15-9-7-13-21(23)22-14-8-10-16-24(22)25)17-11-12-18-36-28-27-26(20(2)38-29(28)35-5)32-40-31(3,4)39-27/h7-10,13-16,20,25-29,32H,6,11-12,17-19H2,1-5H3/t20-,26-,27+,28-,29+/m1/s1. The lowest BCUT2D eigenvalue weighted by Gasteiger charge is -2.50. The summed E-state index contributed by atoms with van der Waals surface area (Å²) in [6, 6.07) is 16.5. The van der Waals surface area contributed by atoms with E-state index in [1.807, 2.05) is 39.8 Å². The highest BCUT2D eigenvalue weighted by atomic mass is 16.8. The Balaban J connectivity index is 1.10. The maximum Gasteiger partial charge on any atom is 0.409 e. The second-order valence-corrected chi connectivity index (χ2v) is 11.1. The molecule has 1 amide bonds. The Morgan fingerprint density at radius 3 is 2.38 bits per heavy atom. The zero-order valence-corrected chi connectivity index (χ0v) is 24.1. The summed E-state index contributed by atoms with van der Waals surface area (Å²) in [4.78, 5) is 20.4. The van der Waals surface area contributed by atoms with E-state index < -0.39 is 18.2 Å². The second kappa shape index (κ2) is 12.5. The molecule has 1 N–H and O–H groups in total. The van der Waals surface area contributed by atoms with Gasteiger partial charge in [0.05, 0.1) is 12.1 Å². The molecule has 218 valence electrons. The first-order valence-corrected chi connectivity index (χ1v) is 14.3. The van der Waals surface area contributed by atoms with Gasteiger partial charge in [-0.3, -0.25) is 4.84 Å². The summed E-state index contributed by atoms with van der Waals surface area (Å²) in [7, 11) is 1.61. The fourth-order valence-electron chi connectivity index (χ4n) is 5.92. The average Bonchev–Trinajstić information content (AvgIpc) is 3.27. The fraction of sp³-hybridized carbons (Fsp3) is 0.581. The van der Waals surface area contributed by atoms with Crippen molar-refractivity contribution in [2.75, 3.05) is 33.4 Å². The Kier molecular flexibility index (Phi) is 9.09. The molecule has 0 unspecified atom stereocenters. The number of carbonyl (C=O) groups is 1. The third-order valence-electron chi connectivity index (χ3n) is 8.00. The van der Waals surface area contributed by atoms with Crippen LogP contribution in [0.3, 0.4) is 0 Å². The van der Waals surface area contributed by atoms with Crippen molar-refractivity contribution >= 4 is 6.09 Å². The fourth-order valence-corrected chi connectivity index (χ4v) is 5.92. The zero-order chi connectivity index (χ0) is 28.3. The first-order valence-electron chi connectivity index (χ1n) is 14.3. The Labute approximate surface area is 237 Å². The summed E-state index contributed by atoms with van der Waals surface area (Å²) in [5.74, 6) is -0.740.